The van der Waals surface area contributed by atoms with E-state index in [9.17, 15) is 9.90 Å². The van der Waals surface area contributed by atoms with Gasteiger partial charge in [-0.3, -0.25) is 4.79 Å². The molecule has 3 rings (SSSR count). The lowest BCUT2D eigenvalue weighted by atomic mass is 9.94. The maximum atomic E-state index is 12.1. The molecular formula is C17H19NO2S2. The quantitative estimate of drug-likeness (QED) is 0.816. The van der Waals surface area contributed by atoms with E-state index < -0.39 is 6.10 Å². The van der Waals surface area contributed by atoms with Gasteiger partial charge in [0.05, 0.1) is 6.54 Å². The van der Waals surface area contributed by atoms with Crippen molar-refractivity contribution in [3.63, 3.8) is 0 Å². The molecule has 0 aliphatic heterocycles. The Kier molecular flexibility index (Phi) is 5.08. The van der Waals surface area contributed by atoms with Crippen molar-refractivity contribution < 1.29 is 9.90 Å². The van der Waals surface area contributed by atoms with Gasteiger partial charge in [-0.2, -0.15) is 0 Å². The molecule has 0 spiro atoms. The predicted octanol–water partition coefficient (Wildman–Crippen LogP) is 3.86. The minimum absolute atomic E-state index is 0.112. The molecular weight excluding hydrogens is 314 g/mol. The van der Waals surface area contributed by atoms with E-state index in [1.807, 2.05) is 29.6 Å². The van der Waals surface area contributed by atoms with Gasteiger partial charge in [-0.1, -0.05) is 18.2 Å². The second-order valence-electron chi connectivity index (χ2n) is 5.42. The molecule has 1 aliphatic carbocycles. The maximum absolute atomic E-state index is 12.1. The van der Waals surface area contributed by atoms with Gasteiger partial charge in [-0.05, 0) is 42.8 Å². The fraction of sp³-hybridized carbons (Fsp3) is 0.353. The van der Waals surface area contributed by atoms with Crippen LogP contribution in [0.25, 0.3) is 0 Å². The molecule has 22 heavy (non-hydrogen) atoms. The molecule has 0 fully saturated rings. The van der Waals surface area contributed by atoms with Crippen molar-refractivity contribution in [3.8, 4) is 0 Å². The van der Waals surface area contributed by atoms with E-state index in [1.165, 1.54) is 0 Å². The van der Waals surface area contributed by atoms with Crippen LogP contribution >= 0.6 is 22.7 Å². The topological polar surface area (TPSA) is 49.3 Å². The number of amides is 1. The molecule has 0 unspecified atom stereocenters. The summed E-state index contributed by atoms with van der Waals surface area (Å²) in [5.74, 6) is 0.249. The number of nitrogens with one attached hydrogen (secondary N) is 1. The molecule has 2 aromatic rings. The van der Waals surface area contributed by atoms with Crippen LogP contribution in [0.5, 0.6) is 0 Å². The third-order valence-corrected chi connectivity index (χ3v) is 5.90. The lowest BCUT2D eigenvalue weighted by molar-refractivity contribution is -0.125. The number of rotatable bonds is 5. The van der Waals surface area contributed by atoms with Crippen LogP contribution in [-0.4, -0.2) is 11.0 Å². The van der Waals surface area contributed by atoms with E-state index in [4.69, 9.17) is 0 Å². The normalized spacial score (nSPS) is 19.0. The molecule has 0 saturated heterocycles. The number of allylic oxidation sites excluding steroid dienone is 2. The van der Waals surface area contributed by atoms with Gasteiger partial charge in [-0.25, -0.2) is 0 Å². The van der Waals surface area contributed by atoms with Crippen LogP contribution in [0, 0.1) is 5.92 Å². The van der Waals surface area contributed by atoms with E-state index >= 15 is 0 Å². The van der Waals surface area contributed by atoms with E-state index in [-0.39, 0.29) is 11.8 Å². The molecule has 0 bridgehead atoms. The fourth-order valence-electron chi connectivity index (χ4n) is 2.57. The monoisotopic (exact) mass is 333 g/mol. The molecule has 116 valence electrons. The summed E-state index contributed by atoms with van der Waals surface area (Å²) in [5.41, 5.74) is 0. The number of thiophene rings is 2. The standard InChI is InChI=1S/C17H19NO2S2/c19-16(14-7-4-10-21-14)15-9-8-13(22-15)11-18-17(20)12-5-2-1-3-6-12/h1-2,4,7-10,12,16,19H,3,5-6,11H2,(H,18,20)/t12-,16-/m0/s1. The molecule has 3 nitrogen and oxygen atoms in total. The molecule has 2 aromatic heterocycles. The number of hydrogen-bond acceptors (Lipinski definition) is 4. The zero-order valence-corrected chi connectivity index (χ0v) is 13.8. The predicted molar refractivity (Wildman–Crippen MR) is 91.0 cm³/mol. The van der Waals surface area contributed by atoms with Gasteiger partial charge in [0.1, 0.15) is 6.10 Å². The largest absolute Gasteiger partial charge is 0.382 e. The Morgan fingerprint density at radius 3 is 2.95 bits per heavy atom. The van der Waals surface area contributed by atoms with Gasteiger partial charge < -0.3 is 10.4 Å². The highest BCUT2D eigenvalue weighted by Crippen LogP contribution is 2.31. The molecule has 1 amide bonds. The van der Waals surface area contributed by atoms with Crippen LogP contribution in [-0.2, 0) is 11.3 Å². The number of aliphatic hydroxyl groups excluding tert-OH is 1. The van der Waals surface area contributed by atoms with Gasteiger partial charge >= 0.3 is 0 Å². The van der Waals surface area contributed by atoms with Crippen molar-refractivity contribution in [3.05, 3.63) is 56.4 Å². The Hall–Kier alpha value is -1.43. The maximum Gasteiger partial charge on any atom is 0.223 e. The molecule has 5 heteroatoms. The van der Waals surface area contributed by atoms with Crippen molar-refractivity contribution >= 4 is 28.6 Å². The third kappa shape index (κ3) is 3.66. The second kappa shape index (κ2) is 7.22. The van der Waals surface area contributed by atoms with Crippen LogP contribution in [0.15, 0.2) is 41.8 Å². The fourth-order valence-corrected chi connectivity index (χ4v) is 4.33. The smallest absolute Gasteiger partial charge is 0.223 e. The Morgan fingerprint density at radius 2 is 2.23 bits per heavy atom. The molecule has 0 saturated carbocycles. The third-order valence-electron chi connectivity index (χ3n) is 3.84. The van der Waals surface area contributed by atoms with Gasteiger partial charge in [0.25, 0.3) is 0 Å². The van der Waals surface area contributed by atoms with Crippen molar-refractivity contribution in [2.24, 2.45) is 5.92 Å². The SMILES string of the molecule is O=C(NCc1ccc([C@@H](O)c2cccs2)s1)[C@H]1CC=CCC1. The van der Waals surface area contributed by atoms with Gasteiger partial charge in [0.15, 0.2) is 0 Å². The van der Waals surface area contributed by atoms with Crippen LogP contribution in [0.4, 0.5) is 0 Å². The first-order valence-electron chi connectivity index (χ1n) is 7.47. The lowest BCUT2D eigenvalue weighted by Crippen LogP contribution is -2.30. The average Bonchev–Trinajstić information content (AvgIpc) is 3.24. The summed E-state index contributed by atoms with van der Waals surface area (Å²) in [6.07, 6.45) is 6.45. The van der Waals surface area contributed by atoms with Gasteiger partial charge in [0, 0.05) is 20.5 Å². The number of hydrogen-bond donors (Lipinski definition) is 2. The van der Waals surface area contributed by atoms with Crippen molar-refractivity contribution in [2.45, 2.75) is 31.9 Å². The summed E-state index contributed by atoms with van der Waals surface area (Å²) < 4.78 is 0. The van der Waals surface area contributed by atoms with E-state index in [1.54, 1.807) is 22.7 Å². The summed E-state index contributed by atoms with van der Waals surface area (Å²) in [5, 5.41) is 15.3. The zero-order chi connectivity index (χ0) is 15.4. The summed E-state index contributed by atoms with van der Waals surface area (Å²) in [6, 6.07) is 7.81. The molecule has 2 atom stereocenters. The number of aliphatic hydroxyl groups is 1. The Morgan fingerprint density at radius 1 is 1.32 bits per heavy atom. The molecule has 0 radical (unpaired) electrons. The van der Waals surface area contributed by atoms with E-state index in [0.717, 1.165) is 33.9 Å². The molecule has 2 N–H and O–H groups in total. The minimum Gasteiger partial charge on any atom is -0.382 e. The minimum atomic E-state index is -0.557. The first-order chi connectivity index (χ1) is 10.7. The number of carbonyl (C=O) groups excluding carboxylic acids is 1. The second-order valence-corrected chi connectivity index (χ2v) is 7.60. The molecule has 1 aliphatic rings. The summed E-state index contributed by atoms with van der Waals surface area (Å²) >= 11 is 3.11. The summed E-state index contributed by atoms with van der Waals surface area (Å²) in [4.78, 5) is 15.1. The number of carbonyl (C=O) groups is 1. The summed E-state index contributed by atoms with van der Waals surface area (Å²) in [7, 11) is 0. The zero-order valence-electron chi connectivity index (χ0n) is 12.2. The van der Waals surface area contributed by atoms with Gasteiger partial charge in [-0.15, -0.1) is 22.7 Å². The van der Waals surface area contributed by atoms with Crippen molar-refractivity contribution in [1.29, 1.82) is 0 Å². The van der Waals surface area contributed by atoms with Crippen LogP contribution in [0.2, 0.25) is 0 Å². The average molecular weight is 333 g/mol. The van der Waals surface area contributed by atoms with Gasteiger partial charge in [0.2, 0.25) is 5.91 Å². The molecule has 0 aromatic carbocycles. The van der Waals surface area contributed by atoms with E-state index in [2.05, 4.69) is 17.5 Å². The Balaban J connectivity index is 1.55. The van der Waals surface area contributed by atoms with Crippen LogP contribution < -0.4 is 5.32 Å². The first kappa shape index (κ1) is 15.5. The molecule has 2 heterocycles. The van der Waals surface area contributed by atoms with Crippen molar-refractivity contribution in [1.82, 2.24) is 5.32 Å². The van der Waals surface area contributed by atoms with Crippen LogP contribution in [0.3, 0.4) is 0 Å². The highest BCUT2D eigenvalue weighted by Gasteiger charge is 2.19. The highest BCUT2D eigenvalue weighted by atomic mass is 32.1. The van der Waals surface area contributed by atoms with Crippen LogP contribution in [0.1, 0.15) is 40.0 Å². The highest BCUT2D eigenvalue weighted by molar-refractivity contribution is 7.12. The Labute approximate surface area is 138 Å². The lowest BCUT2D eigenvalue weighted by Gasteiger charge is -2.16. The van der Waals surface area contributed by atoms with E-state index in [0.29, 0.717) is 6.54 Å². The summed E-state index contributed by atoms with van der Waals surface area (Å²) in [6.45, 7) is 0.543. The Bertz CT molecular complexity index is 645. The van der Waals surface area contributed by atoms with Crippen molar-refractivity contribution in [2.75, 3.05) is 0 Å². The first-order valence-corrected chi connectivity index (χ1v) is 9.16.